The number of anilines is 1. The van der Waals surface area contributed by atoms with Crippen LogP contribution in [0.4, 0.5) is 5.82 Å². The first-order valence-corrected chi connectivity index (χ1v) is 15.8. The number of aliphatic carboxylic acids is 1. The fraction of sp³-hybridized carbons (Fsp3) is 0.517. The lowest BCUT2D eigenvalue weighted by molar-refractivity contribution is -0.143. The van der Waals surface area contributed by atoms with Gasteiger partial charge in [-0.2, -0.15) is 4.31 Å². The van der Waals surface area contributed by atoms with E-state index in [0.29, 0.717) is 6.42 Å². The van der Waals surface area contributed by atoms with Gasteiger partial charge in [-0.3, -0.25) is 9.59 Å². The number of aryl methyl sites for hydroxylation is 4. The zero-order valence-corrected chi connectivity index (χ0v) is 23.8. The average Bonchev–Trinajstić information content (AvgIpc) is 3.40. The van der Waals surface area contributed by atoms with Crippen LogP contribution in [0, 0.1) is 5.92 Å². The van der Waals surface area contributed by atoms with Gasteiger partial charge in [0, 0.05) is 38.3 Å². The molecule has 1 aromatic carbocycles. The maximum atomic E-state index is 13.0. The molecule has 41 heavy (non-hydrogen) atoms. The van der Waals surface area contributed by atoms with E-state index in [-0.39, 0.29) is 36.9 Å². The van der Waals surface area contributed by atoms with Crippen molar-refractivity contribution in [1.29, 1.82) is 0 Å². The largest absolute Gasteiger partial charge is 0.480 e. The number of nitrogens with one attached hydrogen (secondary N) is 3. The number of nitrogens with zero attached hydrogens (tertiary/aromatic N) is 2. The molecule has 0 bridgehead atoms. The van der Waals surface area contributed by atoms with Gasteiger partial charge in [0.15, 0.2) is 0 Å². The Morgan fingerprint density at radius 1 is 1.02 bits per heavy atom. The molecule has 2 aliphatic heterocycles. The summed E-state index contributed by atoms with van der Waals surface area (Å²) in [6, 6.07) is 8.01. The molecule has 1 unspecified atom stereocenters. The Bertz CT molecular complexity index is 1420. The van der Waals surface area contributed by atoms with Crippen molar-refractivity contribution in [2.45, 2.75) is 68.7 Å². The summed E-state index contributed by atoms with van der Waals surface area (Å²) >= 11 is 0. The van der Waals surface area contributed by atoms with Crippen LogP contribution in [0.3, 0.4) is 0 Å². The van der Waals surface area contributed by atoms with Crippen molar-refractivity contribution in [3.8, 4) is 0 Å². The number of aromatic nitrogens is 1. The third-order valence-corrected chi connectivity index (χ3v) is 9.91. The number of fused-ring (bicyclic) bond motifs is 2. The zero-order valence-electron chi connectivity index (χ0n) is 23.0. The first kappa shape index (κ1) is 29.0. The fourth-order valence-corrected chi connectivity index (χ4v) is 7.13. The normalized spacial score (nSPS) is 17.5. The molecule has 1 saturated heterocycles. The summed E-state index contributed by atoms with van der Waals surface area (Å²) in [7, 11) is -3.72. The Hall–Kier alpha value is -3.51. The molecule has 1 aliphatic carbocycles. The van der Waals surface area contributed by atoms with Gasteiger partial charge in [-0.15, -0.1) is 0 Å². The molecule has 3 heterocycles. The van der Waals surface area contributed by atoms with Gasteiger partial charge in [-0.1, -0.05) is 12.1 Å². The van der Waals surface area contributed by atoms with Crippen LogP contribution in [0.1, 0.15) is 54.5 Å². The van der Waals surface area contributed by atoms with Crippen molar-refractivity contribution in [1.82, 2.24) is 19.9 Å². The van der Waals surface area contributed by atoms with E-state index in [4.69, 9.17) is 0 Å². The lowest BCUT2D eigenvalue weighted by Crippen LogP contribution is -2.58. The number of carboxylic acids is 1. The molecule has 0 radical (unpaired) electrons. The van der Waals surface area contributed by atoms with Gasteiger partial charge >= 0.3 is 5.97 Å². The minimum Gasteiger partial charge on any atom is -0.480 e. The van der Waals surface area contributed by atoms with E-state index >= 15 is 0 Å². The van der Waals surface area contributed by atoms with E-state index in [9.17, 15) is 27.9 Å². The molecule has 11 nitrogen and oxygen atoms in total. The minimum atomic E-state index is -3.72. The SMILES string of the molecule is O=C(CCCCc1ccc2c(n1)NCCC2)NCC(NC(=O)C1CN(S(=O)(=O)c2ccc3c(c2)CCC3)C1)C(=O)O. The molecular formula is C29H37N5O6S. The predicted octanol–water partition coefficient (Wildman–Crippen LogP) is 1.65. The van der Waals surface area contributed by atoms with Crippen LogP contribution in [0.5, 0.6) is 0 Å². The van der Waals surface area contributed by atoms with Crippen LogP contribution >= 0.6 is 0 Å². The lowest BCUT2D eigenvalue weighted by Gasteiger charge is -2.37. The Balaban J connectivity index is 1.02. The standard InChI is InChI=1S/C29H37N5O6S/c35-26(9-2-1-8-23-12-10-20-7-4-14-30-27(20)32-23)31-16-25(29(37)38)33-28(36)22-17-34(18-22)41(39,40)24-13-11-19-5-3-6-21(19)15-24/h10-13,15,22,25H,1-9,14,16-18H2,(H,30,32)(H,31,35)(H,33,36)(H,37,38). The van der Waals surface area contributed by atoms with Crippen LogP contribution in [-0.4, -0.2) is 72.8 Å². The fourth-order valence-electron chi connectivity index (χ4n) is 5.55. The second-order valence-electron chi connectivity index (χ2n) is 11.1. The van der Waals surface area contributed by atoms with Gasteiger partial charge in [-0.25, -0.2) is 18.2 Å². The van der Waals surface area contributed by atoms with Gasteiger partial charge in [0.05, 0.1) is 10.8 Å². The molecular weight excluding hydrogens is 546 g/mol. The quantitative estimate of drug-likeness (QED) is 0.275. The van der Waals surface area contributed by atoms with Crippen LogP contribution in [-0.2, 0) is 50.1 Å². The molecule has 2 aromatic rings. The summed E-state index contributed by atoms with van der Waals surface area (Å²) in [5.74, 6) is -1.81. The predicted molar refractivity (Wildman–Crippen MR) is 152 cm³/mol. The number of unbranched alkanes of at least 4 members (excludes halogenated alkanes) is 1. The topological polar surface area (TPSA) is 158 Å². The molecule has 2 amide bonds. The number of pyridine rings is 1. The average molecular weight is 584 g/mol. The Morgan fingerprint density at radius 3 is 2.59 bits per heavy atom. The molecule has 4 N–H and O–H groups in total. The molecule has 0 saturated carbocycles. The van der Waals surface area contributed by atoms with Gasteiger partial charge in [0.2, 0.25) is 21.8 Å². The van der Waals surface area contributed by atoms with Gasteiger partial charge in [0.25, 0.3) is 0 Å². The van der Waals surface area contributed by atoms with E-state index in [1.54, 1.807) is 12.1 Å². The number of carboxylic acid groups (broad SMARTS) is 1. The number of sulfonamides is 1. The molecule has 5 rings (SSSR count). The van der Waals surface area contributed by atoms with Crippen molar-refractivity contribution in [2.24, 2.45) is 5.92 Å². The molecule has 1 aromatic heterocycles. The second-order valence-corrected chi connectivity index (χ2v) is 13.0. The van der Waals surface area contributed by atoms with Crippen LogP contribution in [0.15, 0.2) is 35.2 Å². The highest BCUT2D eigenvalue weighted by Gasteiger charge is 2.41. The molecule has 0 spiro atoms. The molecule has 1 fully saturated rings. The molecule has 3 aliphatic rings. The van der Waals surface area contributed by atoms with Crippen molar-refractivity contribution in [2.75, 3.05) is 31.5 Å². The lowest BCUT2D eigenvalue weighted by atomic mass is 10.0. The molecule has 220 valence electrons. The summed E-state index contributed by atoms with van der Waals surface area (Å²) < 4.78 is 27.2. The maximum Gasteiger partial charge on any atom is 0.328 e. The van der Waals surface area contributed by atoms with Crippen molar-refractivity contribution >= 4 is 33.6 Å². The highest BCUT2D eigenvalue weighted by Crippen LogP contribution is 2.29. The van der Waals surface area contributed by atoms with Gasteiger partial charge in [0.1, 0.15) is 11.9 Å². The summed E-state index contributed by atoms with van der Waals surface area (Å²) in [5.41, 5.74) is 4.43. The third-order valence-electron chi connectivity index (χ3n) is 8.08. The third kappa shape index (κ3) is 6.87. The number of hydrogen-bond acceptors (Lipinski definition) is 7. The molecule has 1 atom stereocenters. The van der Waals surface area contributed by atoms with E-state index < -0.39 is 33.9 Å². The van der Waals surface area contributed by atoms with Crippen molar-refractivity contribution < 1.29 is 27.9 Å². The van der Waals surface area contributed by atoms with E-state index in [1.165, 1.54) is 15.4 Å². The smallest absolute Gasteiger partial charge is 0.328 e. The highest BCUT2D eigenvalue weighted by molar-refractivity contribution is 7.89. The summed E-state index contributed by atoms with van der Waals surface area (Å²) in [6.45, 7) is 0.651. The summed E-state index contributed by atoms with van der Waals surface area (Å²) in [5, 5.41) is 17.9. The second kappa shape index (κ2) is 12.6. The number of benzene rings is 1. The number of hydrogen-bond donors (Lipinski definition) is 4. The van der Waals surface area contributed by atoms with Crippen molar-refractivity contribution in [3.05, 3.63) is 52.7 Å². The van der Waals surface area contributed by atoms with E-state index in [2.05, 4.69) is 27.0 Å². The number of rotatable bonds is 12. The van der Waals surface area contributed by atoms with Crippen LogP contribution in [0.25, 0.3) is 0 Å². The summed E-state index contributed by atoms with van der Waals surface area (Å²) in [6.07, 6.45) is 7.35. The Morgan fingerprint density at radius 2 is 1.78 bits per heavy atom. The molecule has 12 heteroatoms. The Labute approximate surface area is 240 Å². The van der Waals surface area contributed by atoms with Gasteiger partial charge in [-0.05, 0) is 86.3 Å². The zero-order chi connectivity index (χ0) is 29.0. The maximum absolute atomic E-state index is 13.0. The first-order valence-electron chi connectivity index (χ1n) is 14.4. The van der Waals surface area contributed by atoms with Crippen LogP contribution < -0.4 is 16.0 Å². The van der Waals surface area contributed by atoms with E-state index in [1.807, 2.05) is 12.1 Å². The summed E-state index contributed by atoms with van der Waals surface area (Å²) in [4.78, 5) is 41.6. The first-order chi connectivity index (χ1) is 19.7. The van der Waals surface area contributed by atoms with Crippen LogP contribution in [0.2, 0.25) is 0 Å². The Kier molecular flexibility index (Phi) is 8.88. The number of amides is 2. The monoisotopic (exact) mass is 583 g/mol. The minimum absolute atomic E-state index is 0.0148. The number of carbonyl (C=O) groups excluding carboxylic acids is 2. The number of carbonyl (C=O) groups is 3. The highest BCUT2D eigenvalue weighted by atomic mass is 32.2. The van der Waals surface area contributed by atoms with Crippen molar-refractivity contribution in [3.63, 3.8) is 0 Å². The van der Waals surface area contributed by atoms with E-state index in [0.717, 1.165) is 68.6 Å². The van der Waals surface area contributed by atoms with Gasteiger partial charge < -0.3 is 21.1 Å².